The van der Waals surface area contributed by atoms with Gasteiger partial charge < -0.3 is 20.4 Å². The van der Waals surface area contributed by atoms with E-state index in [2.05, 4.69) is 33.9 Å². The first-order valence-corrected chi connectivity index (χ1v) is 9.41. The Morgan fingerprint density at radius 3 is 2.34 bits per heavy atom. The average molecular weight is 506 g/mol. The average Bonchev–Trinajstić information content (AvgIpc) is 3.05. The number of fused-ring (bicyclic) bond motifs is 1. The zero-order valence-corrected chi connectivity index (χ0v) is 19.2. The number of furan rings is 1. The number of aliphatic imine (C=N–C) groups is 1. The van der Waals surface area contributed by atoms with Gasteiger partial charge in [-0.3, -0.25) is 9.79 Å². The van der Waals surface area contributed by atoms with Gasteiger partial charge >= 0.3 is 0 Å². The molecule has 0 spiro atoms. The van der Waals surface area contributed by atoms with E-state index in [0.717, 1.165) is 27.9 Å². The third-order valence-electron chi connectivity index (χ3n) is 4.60. The Morgan fingerprint density at radius 1 is 1.00 bits per heavy atom. The fourth-order valence-corrected chi connectivity index (χ4v) is 3.00. The molecule has 0 fully saturated rings. The number of para-hydroxylation sites is 1. The SMILES string of the molecule is CCNC(=O)c1ccc(CNC(=NC)NCc2oc3ccccc3c2C)cc1.I. The van der Waals surface area contributed by atoms with E-state index in [1.165, 1.54) is 0 Å². The summed E-state index contributed by atoms with van der Waals surface area (Å²) in [4.78, 5) is 16.1. The van der Waals surface area contributed by atoms with Gasteiger partial charge in [0.15, 0.2) is 5.96 Å². The van der Waals surface area contributed by atoms with Crippen LogP contribution in [-0.2, 0) is 13.1 Å². The number of rotatable bonds is 6. The molecule has 2 aromatic carbocycles. The smallest absolute Gasteiger partial charge is 0.251 e. The number of nitrogens with one attached hydrogen (secondary N) is 3. The topological polar surface area (TPSA) is 78.7 Å². The summed E-state index contributed by atoms with van der Waals surface area (Å²) >= 11 is 0. The molecule has 7 heteroatoms. The molecule has 0 atom stereocenters. The molecule has 3 aromatic rings. The molecule has 0 unspecified atom stereocenters. The van der Waals surface area contributed by atoms with Crippen LogP contribution in [0.4, 0.5) is 0 Å². The first-order chi connectivity index (χ1) is 13.6. The summed E-state index contributed by atoms with van der Waals surface area (Å²) < 4.78 is 5.93. The molecule has 0 aliphatic carbocycles. The van der Waals surface area contributed by atoms with Gasteiger partial charge in [-0.2, -0.15) is 0 Å². The lowest BCUT2D eigenvalue weighted by Crippen LogP contribution is -2.36. The van der Waals surface area contributed by atoms with Crippen molar-refractivity contribution in [1.29, 1.82) is 0 Å². The summed E-state index contributed by atoms with van der Waals surface area (Å²) in [6.07, 6.45) is 0. The molecule has 29 heavy (non-hydrogen) atoms. The van der Waals surface area contributed by atoms with Gasteiger partial charge in [0.1, 0.15) is 11.3 Å². The summed E-state index contributed by atoms with van der Waals surface area (Å²) in [7, 11) is 1.74. The minimum absolute atomic E-state index is 0. The van der Waals surface area contributed by atoms with Crippen LogP contribution in [0, 0.1) is 6.92 Å². The zero-order valence-electron chi connectivity index (χ0n) is 16.9. The fraction of sp³-hybridized carbons (Fsp3) is 0.273. The maximum Gasteiger partial charge on any atom is 0.251 e. The van der Waals surface area contributed by atoms with Crippen molar-refractivity contribution in [2.45, 2.75) is 26.9 Å². The van der Waals surface area contributed by atoms with Crippen molar-refractivity contribution in [2.24, 2.45) is 4.99 Å². The second-order valence-corrected chi connectivity index (χ2v) is 6.48. The van der Waals surface area contributed by atoms with Crippen LogP contribution < -0.4 is 16.0 Å². The number of aryl methyl sites for hydroxylation is 1. The molecule has 0 aliphatic rings. The van der Waals surface area contributed by atoms with Gasteiger partial charge in [-0.05, 0) is 37.6 Å². The van der Waals surface area contributed by atoms with Crippen molar-refractivity contribution in [3.8, 4) is 0 Å². The number of hydrogen-bond acceptors (Lipinski definition) is 3. The Kier molecular flexibility index (Phi) is 8.50. The van der Waals surface area contributed by atoms with E-state index in [-0.39, 0.29) is 29.9 Å². The monoisotopic (exact) mass is 506 g/mol. The summed E-state index contributed by atoms with van der Waals surface area (Å²) in [6, 6.07) is 15.6. The van der Waals surface area contributed by atoms with Gasteiger partial charge in [-0.15, -0.1) is 24.0 Å². The van der Waals surface area contributed by atoms with Crippen molar-refractivity contribution >= 4 is 46.8 Å². The second kappa shape index (κ2) is 10.8. The standard InChI is InChI=1S/C22H26N4O2.HI/c1-4-24-21(27)17-11-9-16(10-12-17)13-25-22(23-3)26-14-20-15(2)18-7-5-6-8-19(18)28-20;/h5-12H,4,13-14H2,1-3H3,(H,24,27)(H2,23,25,26);1H. The molecule has 154 valence electrons. The van der Waals surface area contributed by atoms with Crippen molar-refractivity contribution in [2.75, 3.05) is 13.6 Å². The van der Waals surface area contributed by atoms with Crippen molar-refractivity contribution in [3.63, 3.8) is 0 Å². The zero-order chi connectivity index (χ0) is 19.9. The predicted octanol–water partition coefficient (Wildman–Crippen LogP) is 3.97. The number of halogens is 1. The quantitative estimate of drug-likeness (QED) is 0.269. The third kappa shape index (κ3) is 5.72. The lowest BCUT2D eigenvalue weighted by atomic mass is 10.1. The summed E-state index contributed by atoms with van der Waals surface area (Å²) in [5, 5.41) is 10.5. The molecule has 0 aliphatic heterocycles. The molecule has 0 saturated heterocycles. The van der Waals surface area contributed by atoms with Crippen LogP contribution >= 0.6 is 24.0 Å². The number of carbonyl (C=O) groups is 1. The molecule has 3 rings (SSSR count). The Bertz CT molecular complexity index is 980. The number of nitrogens with zero attached hydrogens (tertiary/aromatic N) is 1. The summed E-state index contributed by atoms with van der Waals surface area (Å²) in [5.74, 6) is 1.53. The molecule has 0 radical (unpaired) electrons. The first-order valence-electron chi connectivity index (χ1n) is 9.41. The molecule has 1 aromatic heterocycles. The van der Waals surface area contributed by atoms with Crippen molar-refractivity contribution in [1.82, 2.24) is 16.0 Å². The van der Waals surface area contributed by atoms with Gasteiger partial charge in [0.05, 0.1) is 6.54 Å². The molecular weight excluding hydrogens is 479 g/mol. The van der Waals surface area contributed by atoms with E-state index in [0.29, 0.717) is 31.2 Å². The number of carbonyl (C=O) groups excluding carboxylic acids is 1. The minimum Gasteiger partial charge on any atom is -0.459 e. The van der Waals surface area contributed by atoms with E-state index < -0.39 is 0 Å². The van der Waals surface area contributed by atoms with Crippen LogP contribution in [0.2, 0.25) is 0 Å². The van der Waals surface area contributed by atoms with Crippen LogP contribution in [0.5, 0.6) is 0 Å². The highest BCUT2D eigenvalue weighted by atomic mass is 127. The molecule has 6 nitrogen and oxygen atoms in total. The summed E-state index contributed by atoms with van der Waals surface area (Å²) in [6.45, 7) is 5.75. The van der Waals surface area contributed by atoms with Crippen LogP contribution in [0.25, 0.3) is 11.0 Å². The number of hydrogen-bond donors (Lipinski definition) is 3. The van der Waals surface area contributed by atoms with Gasteiger partial charge in [-0.25, -0.2) is 0 Å². The highest BCUT2D eigenvalue weighted by Gasteiger charge is 2.10. The van der Waals surface area contributed by atoms with Gasteiger partial charge in [0.2, 0.25) is 0 Å². The van der Waals surface area contributed by atoms with E-state index in [9.17, 15) is 4.79 Å². The largest absolute Gasteiger partial charge is 0.459 e. The molecule has 0 bridgehead atoms. The maximum atomic E-state index is 11.8. The first kappa shape index (κ1) is 22.7. The lowest BCUT2D eigenvalue weighted by molar-refractivity contribution is 0.0956. The van der Waals surface area contributed by atoms with E-state index in [1.807, 2.05) is 49.4 Å². The van der Waals surface area contributed by atoms with Crippen LogP contribution in [-0.4, -0.2) is 25.5 Å². The van der Waals surface area contributed by atoms with Gasteiger partial charge in [-0.1, -0.05) is 30.3 Å². The third-order valence-corrected chi connectivity index (χ3v) is 4.60. The fourth-order valence-electron chi connectivity index (χ4n) is 3.00. The Labute approximate surface area is 188 Å². The van der Waals surface area contributed by atoms with E-state index in [4.69, 9.17) is 4.42 Å². The molecular formula is C22H27IN4O2. The second-order valence-electron chi connectivity index (χ2n) is 6.48. The Hall–Kier alpha value is -2.55. The minimum atomic E-state index is -0.0549. The van der Waals surface area contributed by atoms with Crippen LogP contribution in [0.15, 0.2) is 57.9 Å². The maximum absolute atomic E-state index is 11.8. The Morgan fingerprint density at radius 2 is 1.69 bits per heavy atom. The Balaban J connectivity index is 0.00000300. The highest BCUT2D eigenvalue weighted by molar-refractivity contribution is 14.0. The highest BCUT2D eigenvalue weighted by Crippen LogP contribution is 2.24. The van der Waals surface area contributed by atoms with Gasteiger partial charge in [0.25, 0.3) is 5.91 Å². The normalized spacial score (nSPS) is 11.1. The molecule has 1 amide bonds. The van der Waals surface area contributed by atoms with Crippen molar-refractivity contribution in [3.05, 3.63) is 71.0 Å². The van der Waals surface area contributed by atoms with E-state index in [1.54, 1.807) is 7.05 Å². The number of benzene rings is 2. The number of amides is 1. The van der Waals surface area contributed by atoms with Gasteiger partial charge in [0, 0.05) is 36.7 Å². The van der Waals surface area contributed by atoms with E-state index >= 15 is 0 Å². The van der Waals surface area contributed by atoms with Crippen LogP contribution in [0.3, 0.4) is 0 Å². The predicted molar refractivity (Wildman–Crippen MR) is 128 cm³/mol. The van der Waals surface area contributed by atoms with Crippen LogP contribution in [0.1, 0.15) is 34.2 Å². The molecule has 1 heterocycles. The summed E-state index contributed by atoms with van der Waals surface area (Å²) in [5.41, 5.74) is 3.76. The number of guanidine groups is 1. The van der Waals surface area contributed by atoms with Crippen molar-refractivity contribution < 1.29 is 9.21 Å². The molecule has 0 saturated carbocycles. The molecule has 3 N–H and O–H groups in total. The lowest BCUT2D eigenvalue weighted by Gasteiger charge is -2.12.